The third kappa shape index (κ3) is 4.07. The normalized spacial score (nSPS) is 24.5. The molecule has 4 heteroatoms. The van der Waals surface area contributed by atoms with Crippen LogP contribution < -0.4 is 5.32 Å². The second-order valence-corrected chi connectivity index (χ2v) is 6.31. The molecule has 0 aromatic heterocycles. The molecule has 4 nitrogen and oxygen atoms in total. The molecule has 1 aromatic carbocycles. The average molecular weight is 303 g/mol. The van der Waals surface area contributed by atoms with Gasteiger partial charge in [-0.25, -0.2) is 0 Å². The monoisotopic (exact) mass is 303 g/mol. The Balaban J connectivity index is 1.59. The molecule has 2 saturated heterocycles. The fraction of sp³-hybridized carbons (Fsp3) is 0.667. The number of benzene rings is 1. The Labute approximate surface area is 134 Å². The van der Waals surface area contributed by atoms with Crippen LogP contribution in [0.4, 0.5) is 0 Å². The average Bonchev–Trinajstić information content (AvgIpc) is 2.61. The first-order valence-corrected chi connectivity index (χ1v) is 8.70. The van der Waals surface area contributed by atoms with E-state index in [2.05, 4.69) is 46.3 Å². The van der Waals surface area contributed by atoms with Gasteiger partial charge in [0, 0.05) is 51.9 Å². The van der Waals surface area contributed by atoms with Gasteiger partial charge in [0.05, 0.1) is 13.2 Å². The molecule has 22 heavy (non-hydrogen) atoms. The van der Waals surface area contributed by atoms with Crippen LogP contribution in [0.15, 0.2) is 24.3 Å². The quantitative estimate of drug-likeness (QED) is 0.893. The minimum atomic E-state index is 0.515. The highest BCUT2D eigenvalue weighted by Gasteiger charge is 2.24. The number of aryl methyl sites for hydroxylation is 1. The van der Waals surface area contributed by atoms with Gasteiger partial charge in [-0.3, -0.25) is 9.80 Å². The summed E-state index contributed by atoms with van der Waals surface area (Å²) in [5, 5.41) is 3.55. The molecular formula is C18H29N3O. The molecule has 0 aliphatic carbocycles. The van der Waals surface area contributed by atoms with Crippen molar-refractivity contribution in [3.05, 3.63) is 35.4 Å². The van der Waals surface area contributed by atoms with Crippen LogP contribution in [0, 0.1) is 0 Å². The highest BCUT2D eigenvalue weighted by atomic mass is 16.5. The van der Waals surface area contributed by atoms with E-state index in [4.69, 9.17) is 4.74 Å². The topological polar surface area (TPSA) is 27.7 Å². The van der Waals surface area contributed by atoms with Crippen LogP contribution >= 0.6 is 0 Å². The van der Waals surface area contributed by atoms with Gasteiger partial charge in [0.1, 0.15) is 0 Å². The standard InChI is InChI=1S/C18H29N3O/c1-2-16-3-5-17(6-4-16)18-15-19-7-8-21(18)10-9-20-11-13-22-14-12-20/h3-6,18-19H,2,7-15H2,1H3. The van der Waals surface area contributed by atoms with E-state index in [9.17, 15) is 0 Å². The van der Waals surface area contributed by atoms with E-state index in [1.165, 1.54) is 11.1 Å². The van der Waals surface area contributed by atoms with Crippen LogP contribution in [0.5, 0.6) is 0 Å². The zero-order valence-electron chi connectivity index (χ0n) is 13.8. The molecule has 1 N–H and O–H groups in total. The Morgan fingerprint density at radius 1 is 1.09 bits per heavy atom. The van der Waals surface area contributed by atoms with Gasteiger partial charge in [0.2, 0.25) is 0 Å². The molecule has 2 aliphatic heterocycles. The van der Waals surface area contributed by atoms with Crippen LogP contribution in [0.3, 0.4) is 0 Å². The van der Waals surface area contributed by atoms with Crippen molar-refractivity contribution >= 4 is 0 Å². The summed E-state index contributed by atoms with van der Waals surface area (Å²) in [6.07, 6.45) is 1.12. The lowest BCUT2D eigenvalue weighted by atomic mass is 10.0. The molecule has 3 rings (SSSR count). The maximum absolute atomic E-state index is 5.44. The molecule has 2 aliphatic rings. The Morgan fingerprint density at radius 3 is 2.59 bits per heavy atom. The van der Waals surface area contributed by atoms with Crippen molar-refractivity contribution < 1.29 is 4.74 Å². The summed E-state index contributed by atoms with van der Waals surface area (Å²) in [5.74, 6) is 0. The summed E-state index contributed by atoms with van der Waals surface area (Å²) < 4.78 is 5.44. The van der Waals surface area contributed by atoms with Gasteiger partial charge in [-0.2, -0.15) is 0 Å². The molecule has 1 unspecified atom stereocenters. The van der Waals surface area contributed by atoms with E-state index in [-0.39, 0.29) is 0 Å². The van der Waals surface area contributed by atoms with Gasteiger partial charge in [-0.15, -0.1) is 0 Å². The molecule has 122 valence electrons. The number of ether oxygens (including phenoxy) is 1. The van der Waals surface area contributed by atoms with E-state index in [0.717, 1.165) is 65.4 Å². The maximum Gasteiger partial charge on any atom is 0.0594 e. The van der Waals surface area contributed by atoms with Gasteiger partial charge < -0.3 is 10.1 Å². The van der Waals surface area contributed by atoms with Crippen molar-refractivity contribution in [2.45, 2.75) is 19.4 Å². The Hall–Kier alpha value is -0.940. The number of nitrogens with one attached hydrogen (secondary N) is 1. The number of rotatable bonds is 5. The van der Waals surface area contributed by atoms with Crippen LogP contribution in [-0.2, 0) is 11.2 Å². The summed E-state index contributed by atoms with van der Waals surface area (Å²) in [7, 11) is 0. The van der Waals surface area contributed by atoms with E-state index in [0.29, 0.717) is 6.04 Å². The van der Waals surface area contributed by atoms with Crippen molar-refractivity contribution in [3.63, 3.8) is 0 Å². The first-order valence-electron chi connectivity index (χ1n) is 8.70. The van der Waals surface area contributed by atoms with Gasteiger partial charge in [-0.1, -0.05) is 31.2 Å². The number of hydrogen-bond donors (Lipinski definition) is 1. The summed E-state index contributed by atoms with van der Waals surface area (Å²) in [6.45, 7) is 11.8. The van der Waals surface area contributed by atoms with Gasteiger partial charge in [-0.05, 0) is 17.5 Å². The molecular weight excluding hydrogens is 274 g/mol. The Morgan fingerprint density at radius 2 is 1.86 bits per heavy atom. The molecule has 0 saturated carbocycles. The highest BCUT2D eigenvalue weighted by molar-refractivity contribution is 5.25. The minimum absolute atomic E-state index is 0.515. The van der Waals surface area contributed by atoms with E-state index in [1.54, 1.807) is 0 Å². The van der Waals surface area contributed by atoms with Crippen molar-refractivity contribution in [2.24, 2.45) is 0 Å². The number of hydrogen-bond acceptors (Lipinski definition) is 4. The van der Waals surface area contributed by atoms with Gasteiger partial charge in [0.15, 0.2) is 0 Å². The lowest BCUT2D eigenvalue weighted by Gasteiger charge is -2.38. The molecule has 0 bridgehead atoms. The molecule has 0 radical (unpaired) electrons. The Bertz CT molecular complexity index is 442. The fourth-order valence-electron chi connectivity index (χ4n) is 3.41. The smallest absolute Gasteiger partial charge is 0.0594 e. The van der Waals surface area contributed by atoms with Crippen LogP contribution in [0.25, 0.3) is 0 Å². The summed E-state index contributed by atoms with van der Waals surface area (Å²) in [4.78, 5) is 5.18. The zero-order chi connectivity index (χ0) is 15.2. The highest BCUT2D eigenvalue weighted by Crippen LogP contribution is 2.22. The van der Waals surface area contributed by atoms with Gasteiger partial charge >= 0.3 is 0 Å². The Kier molecular flexibility index (Phi) is 5.84. The second kappa shape index (κ2) is 8.06. The van der Waals surface area contributed by atoms with Crippen molar-refractivity contribution in [3.8, 4) is 0 Å². The molecule has 2 fully saturated rings. The van der Waals surface area contributed by atoms with Crippen molar-refractivity contribution in [2.75, 3.05) is 59.0 Å². The van der Waals surface area contributed by atoms with E-state index < -0.39 is 0 Å². The van der Waals surface area contributed by atoms with Crippen LogP contribution in [0.2, 0.25) is 0 Å². The summed E-state index contributed by atoms with van der Waals surface area (Å²) in [6, 6.07) is 9.71. The van der Waals surface area contributed by atoms with Crippen LogP contribution in [0.1, 0.15) is 24.1 Å². The number of nitrogens with zero attached hydrogens (tertiary/aromatic N) is 2. The summed E-state index contributed by atoms with van der Waals surface area (Å²) >= 11 is 0. The van der Waals surface area contributed by atoms with Crippen molar-refractivity contribution in [1.82, 2.24) is 15.1 Å². The second-order valence-electron chi connectivity index (χ2n) is 6.31. The predicted molar refractivity (Wildman–Crippen MR) is 90.3 cm³/mol. The third-order valence-corrected chi connectivity index (χ3v) is 4.93. The first-order chi connectivity index (χ1) is 10.9. The predicted octanol–water partition coefficient (Wildman–Crippen LogP) is 1.53. The lowest BCUT2D eigenvalue weighted by molar-refractivity contribution is 0.0291. The fourth-order valence-corrected chi connectivity index (χ4v) is 3.41. The molecule has 0 amide bonds. The molecule has 1 aromatic rings. The third-order valence-electron chi connectivity index (χ3n) is 4.93. The summed E-state index contributed by atoms with van der Waals surface area (Å²) in [5.41, 5.74) is 2.87. The lowest BCUT2D eigenvalue weighted by Crippen LogP contribution is -2.49. The first kappa shape index (κ1) is 15.9. The number of piperazine rings is 1. The van der Waals surface area contributed by atoms with Crippen molar-refractivity contribution in [1.29, 1.82) is 0 Å². The minimum Gasteiger partial charge on any atom is -0.379 e. The molecule has 0 spiro atoms. The maximum atomic E-state index is 5.44. The zero-order valence-corrected chi connectivity index (χ0v) is 13.8. The van der Waals surface area contributed by atoms with Gasteiger partial charge in [0.25, 0.3) is 0 Å². The largest absolute Gasteiger partial charge is 0.379 e. The van der Waals surface area contributed by atoms with E-state index >= 15 is 0 Å². The van der Waals surface area contributed by atoms with Crippen LogP contribution in [-0.4, -0.2) is 68.8 Å². The SMILES string of the molecule is CCc1ccc(C2CNCCN2CCN2CCOCC2)cc1. The van der Waals surface area contributed by atoms with E-state index in [1.807, 2.05) is 0 Å². The number of morpholine rings is 1. The molecule has 2 heterocycles. The molecule has 1 atom stereocenters.